The van der Waals surface area contributed by atoms with E-state index in [9.17, 15) is 14.4 Å². The van der Waals surface area contributed by atoms with E-state index in [0.717, 1.165) is 0 Å². The molecule has 136 valence electrons. The molecule has 0 aliphatic rings. The molecule has 0 aliphatic carbocycles. The van der Waals surface area contributed by atoms with Gasteiger partial charge in [-0.15, -0.1) is 0 Å². The summed E-state index contributed by atoms with van der Waals surface area (Å²) in [6.45, 7) is 3.85. The van der Waals surface area contributed by atoms with Gasteiger partial charge in [-0.25, -0.2) is 4.79 Å². The van der Waals surface area contributed by atoms with Crippen molar-refractivity contribution >= 4 is 47.1 Å². The van der Waals surface area contributed by atoms with Gasteiger partial charge in [0.25, 0.3) is 5.91 Å². The lowest BCUT2D eigenvalue weighted by Crippen LogP contribution is -2.42. The average Bonchev–Trinajstić information content (AvgIpc) is 2.58. The molecule has 0 saturated carbocycles. The molecule has 1 aromatic rings. The number of likely N-dealkylation sites (N-methyl/N-ethyl adjacent to an activating group) is 2. The van der Waals surface area contributed by atoms with Crippen molar-refractivity contribution in [2.75, 3.05) is 26.2 Å². The Labute approximate surface area is 156 Å². The molecule has 1 N–H and O–H groups in total. The first-order valence-electron chi connectivity index (χ1n) is 7.71. The van der Waals surface area contributed by atoms with Gasteiger partial charge in [-0.1, -0.05) is 29.3 Å². The molecule has 2 amide bonds. The van der Waals surface area contributed by atoms with E-state index in [1.54, 1.807) is 32.0 Å². The second-order valence-electron chi connectivity index (χ2n) is 4.98. The number of hydrogen-bond donors (Lipinski definition) is 1. The van der Waals surface area contributed by atoms with Crippen molar-refractivity contribution in [3.05, 3.63) is 39.9 Å². The smallest absolute Gasteiger partial charge is 0.331 e. The minimum atomic E-state index is -0.673. The molecule has 0 bridgehead atoms. The second kappa shape index (κ2) is 10.7. The molecule has 0 unspecified atom stereocenters. The van der Waals surface area contributed by atoms with E-state index in [-0.39, 0.29) is 12.5 Å². The van der Waals surface area contributed by atoms with Crippen molar-refractivity contribution in [3.8, 4) is 0 Å². The van der Waals surface area contributed by atoms with Crippen molar-refractivity contribution in [3.63, 3.8) is 0 Å². The van der Waals surface area contributed by atoms with E-state index < -0.39 is 18.5 Å². The molecular formula is C17H20Cl2N2O4. The van der Waals surface area contributed by atoms with E-state index in [0.29, 0.717) is 28.7 Å². The third kappa shape index (κ3) is 7.58. The van der Waals surface area contributed by atoms with Gasteiger partial charge in [-0.05, 0) is 37.6 Å². The van der Waals surface area contributed by atoms with Crippen LogP contribution in [0.5, 0.6) is 0 Å². The summed E-state index contributed by atoms with van der Waals surface area (Å²) >= 11 is 11.7. The van der Waals surface area contributed by atoms with Crippen LogP contribution in [0.25, 0.3) is 6.08 Å². The topological polar surface area (TPSA) is 75.7 Å². The lowest BCUT2D eigenvalue weighted by molar-refractivity contribution is -0.148. The number of halogens is 2. The minimum Gasteiger partial charge on any atom is -0.452 e. The number of hydrogen-bond acceptors (Lipinski definition) is 4. The zero-order valence-corrected chi connectivity index (χ0v) is 15.6. The van der Waals surface area contributed by atoms with Crippen LogP contribution in [0.1, 0.15) is 19.4 Å². The average molecular weight is 387 g/mol. The highest BCUT2D eigenvalue weighted by Crippen LogP contribution is 2.23. The largest absolute Gasteiger partial charge is 0.452 e. The number of amides is 2. The van der Waals surface area contributed by atoms with Crippen LogP contribution < -0.4 is 5.32 Å². The van der Waals surface area contributed by atoms with Crippen LogP contribution in [0.3, 0.4) is 0 Å². The molecule has 0 saturated heterocycles. The Kier molecular flexibility index (Phi) is 9.02. The van der Waals surface area contributed by atoms with Crippen molar-refractivity contribution in [1.29, 1.82) is 0 Å². The van der Waals surface area contributed by atoms with Crippen molar-refractivity contribution in [1.82, 2.24) is 10.2 Å². The number of ether oxygens (including phenoxy) is 1. The molecule has 25 heavy (non-hydrogen) atoms. The molecule has 1 aromatic carbocycles. The maximum Gasteiger partial charge on any atom is 0.331 e. The van der Waals surface area contributed by atoms with E-state index in [2.05, 4.69) is 5.32 Å². The standard InChI is InChI=1S/C17H20Cl2N2O4/c1-3-20-15(22)10-21(4-2)16(23)11-25-17(24)8-6-12-5-7-13(18)14(19)9-12/h5-9H,3-4,10-11H2,1-2H3,(H,20,22)/b8-6+. The highest BCUT2D eigenvalue weighted by atomic mass is 35.5. The third-order valence-electron chi connectivity index (χ3n) is 3.14. The van der Waals surface area contributed by atoms with Crippen LogP contribution in [0.4, 0.5) is 0 Å². The molecule has 6 nitrogen and oxygen atoms in total. The van der Waals surface area contributed by atoms with Crippen LogP contribution in [0, 0.1) is 0 Å². The number of carbonyl (C=O) groups excluding carboxylic acids is 3. The zero-order valence-electron chi connectivity index (χ0n) is 14.1. The molecule has 0 atom stereocenters. The van der Waals surface area contributed by atoms with Gasteiger partial charge in [0, 0.05) is 19.2 Å². The lowest BCUT2D eigenvalue weighted by Gasteiger charge is -2.19. The summed E-state index contributed by atoms with van der Waals surface area (Å²) in [4.78, 5) is 36.5. The Balaban J connectivity index is 2.50. The van der Waals surface area contributed by atoms with Gasteiger partial charge < -0.3 is 15.0 Å². The molecule has 0 heterocycles. The van der Waals surface area contributed by atoms with Crippen LogP contribution in [0.2, 0.25) is 10.0 Å². The Morgan fingerprint density at radius 3 is 2.52 bits per heavy atom. The van der Waals surface area contributed by atoms with Crippen molar-refractivity contribution in [2.45, 2.75) is 13.8 Å². The first kappa shape index (κ1) is 21.0. The van der Waals surface area contributed by atoms with E-state index in [1.165, 1.54) is 17.1 Å². The van der Waals surface area contributed by atoms with Gasteiger partial charge in [0.2, 0.25) is 5.91 Å². The van der Waals surface area contributed by atoms with Crippen molar-refractivity contribution < 1.29 is 19.1 Å². The summed E-state index contributed by atoms with van der Waals surface area (Å²) < 4.78 is 4.90. The monoisotopic (exact) mass is 386 g/mol. The van der Waals surface area contributed by atoms with Crippen LogP contribution >= 0.6 is 23.2 Å². The molecule has 0 spiro atoms. The number of nitrogens with one attached hydrogen (secondary N) is 1. The van der Waals surface area contributed by atoms with Crippen molar-refractivity contribution in [2.24, 2.45) is 0 Å². The number of rotatable bonds is 8. The number of carbonyl (C=O) groups is 3. The van der Waals surface area contributed by atoms with E-state index in [1.807, 2.05) is 0 Å². The predicted octanol–water partition coefficient (Wildman–Crippen LogP) is 2.53. The van der Waals surface area contributed by atoms with Gasteiger partial charge in [-0.3, -0.25) is 9.59 Å². The maximum absolute atomic E-state index is 12.0. The fraction of sp³-hybridized carbons (Fsp3) is 0.353. The number of benzene rings is 1. The molecular weight excluding hydrogens is 367 g/mol. The Morgan fingerprint density at radius 1 is 1.20 bits per heavy atom. The SMILES string of the molecule is CCNC(=O)CN(CC)C(=O)COC(=O)/C=C/c1ccc(Cl)c(Cl)c1. The number of esters is 1. The molecule has 0 aliphatic heterocycles. The van der Waals surface area contributed by atoms with Gasteiger partial charge in [-0.2, -0.15) is 0 Å². The molecule has 0 fully saturated rings. The normalized spacial score (nSPS) is 10.6. The highest BCUT2D eigenvalue weighted by molar-refractivity contribution is 6.42. The van der Waals surface area contributed by atoms with Gasteiger partial charge in [0.15, 0.2) is 6.61 Å². The Morgan fingerprint density at radius 2 is 1.92 bits per heavy atom. The minimum absolute atomic E-state index is 0.0696. The summed E-state index contributed by atoms with van der Waals surface area (Å²) in [6, 6.07) is 4.90. The first-order valence-corrected chi connectivity index (χ1v) is 8.47. The van der Waals surface area contributed by atoms with Crippen LogP contribution in [0.15, 0.2) is 24.3 Å². The summed E-state index contributed by atoms with van der Waals surface area (Å²) in [5.41, 5.74) is 0.670. The molecule has 1 rings (SSSR count). The van der Waals surface area contributed by atoms with Crippen LogP contribution in [-0.4, -0.2) is 48.9 Å². The molecule has 8 heteroatoms. The quantitative estimate of drug-likeness (QED) is 0.550. The Hall–Kier alpha value is -2.05. The zero-order chi connectivity index (χ0) is 18.8. The third-order valence-corrected chi connectivity index (χ3v) is 3.88. The summed E-state index contributed by atoms with van der Waals surface area (Å²) in [5.74, 6) is -1.37. The highest BCUT2D eigenvalue weighted by Gasteiger charge is 2.16. The second-order valence-corrected chi connectivity index (χ2v) is 5.79. The van der Waals surface area contributed by atoms with Crippen LogP contribution in [-0.2, 0) is 19.1 Å². The van der Waals surface area contributed by atoms with E-state index >= 15 is 0 Å². The Bertz CT molecular complexity index is 662. The summed E-state index contributed by atoms with van der Waals surface area (Å²) in [6.07, 6.45) is 2.69. The predicted molar refractivity (Wildman–Crippen MR) is 97.4 cm³/mol. The molecule has 0 aromatic heterocycles. The fourth-order valence-electron chi connectivity index (χ4n) is 1.86. The summed E-state index contributed by atoms with van der Waals surface area (Å²) in [5, 5.41) is 3.39. The lowest BCUT2D eigenvalue weighted by atomic mass is 10.2. The maximum atomic E-state index is 12.0. The first-order chi connectivity index (χ1) is 11.9. The fourth-order valence-corrected chi connectivity index (χ4v) is 2.16. The van der Waals surface area contributed by atoms with Gasteiger partial charge >= 0.3 is 5.97 Å². The van der Waals surface area contributed by atoms with E-state index in [4.69, 9.17) is 27.9 Å². The number of nitrogens with zero attached hydrogens (tertiary/aromatic N) is 1. The van der Waals surface area contributed by atoms with Gasteiger partial charge in [0.1, 0.15) is 0 Å². The van der Waals surface area contributed by atoms with Gasteiger partial charge in [0.05, 0.1) is 16.6 Å². The summed E-state index contributed by atoms with van der Waals surface area (Å²) in [7, 11) is 0. The molecule has 0 radical (unpaired) electrons.